The number of aliphatic hydroxyl groups is 1. The molecule has 1 aromatic rings. The zero-order valence-corrected chi connectivity index (χ0v) is 12.5. The third-order valence-corrected chi connectivity index (χ3v) is 5.27. The second kappa shape index (κ2) is 5.97. The third-order valence-electron chi connectivity index (χ3n) is 3.58. The van der Waals surface area contributed by atoms with E-state index in [1.807, 2.05) is 0 Å². The van der Waals surface area contributed by atoms with Gasteiger partial charge in [0.2, 0.25) is 10.0 Å². The van der Waals surface area contributed by atoms with Crippen LogP contribution < -0.4 is 4.72 Å². The predicted octanol–water partition coefficient (Wildman–Crippen LogP) is 2.45. The molecule has 0 aliphatic heterocycles. The van der Waals surface area contributed by atoms with Crippen LogP contribution in [0.25, 0.3) is 0 Å². The van der Waals surface area contributed by atoms with Gasteiger partial charge in [0, 0.05) is 6.54 Å². The van der Waals surface area contributed by atoms with Gasteiger partial charge in [0.1, 0.15) is 5.82 Å². The highest BCUT2D eigenvalue weighted by atomic mass is 35.5. The topological polar surface area (TPSA) is 66.4 Å². The quantitative estimate of drug-likeness (QED) is 0.895. The molecule has 0 saturated heterocycles. The van der Waals surface area contributed by atoms with E-state index < -0.39 is 21.4 Å². The Bertz CT molecular complexity index is 585. The fraction of sp³-hybridized carbons (Fsp3) is 0.538. The zero-order chi connectivity index (χ0) is 14.8. The lowest BCUT2D eigenvalue weighted by molar-refractivity contribution is 0.00945. The van der Waals surface area contributed by atoms with Gasteiger partial charge in [-0.25, -0.2) is 17.5 Å². The molecule has 0 atom stereocenters. The van der Waals surface area contributed by atoms with Crippen molar-refractivity contribution in [3.05, 3.63) is 29.0 Å². The van der Waals surface area contributed by atoms with E-state index in [2.05, 4.69) is 4.72 Å². The molecular formula is C13H17ClFNO3S. The van der Waals surface area contributed by atoms with E-state index in [4.69, 9.17) is 11.6 Å². The molecule has 7 heteroatoms. The first-order chi connectivity index (χ1) is 9.32. The van der Waals surface area contributed by atoms with Crippen molar-refractivity contribution in [1.29, 1.82) is 0 Å². The second-order valence-electron chi connectivity index (χ2n) is 5.19. The molecule has 0 spiro atoms. The molecule has 0 unspecified atom stereocenters. The van der Waals surface area contributed by atoms with Crippen molar-refractivity contribution in [3.63, 3.8) is 0 Å². The summed E-state index contributed by atoms with van der Waals surface area (Å²) in [7, 11) is -3.80. The first-order valence-electron chi connectivity index (χ1n) is 6.50. The highest BCUT2D eigenvalue weighted by Crippen LogP contribution is 2.28. The fourth-order valence-corrected chi connectivity index (χ4v) is 3.73. The van der Waals surface area contributed by atoms with Crippen molar-refractivity contribution in [3.8, 4) is 0 Å². The minimum Gasteiger partial charge on any atom is -0.389 e. The van der Waals surface area contributed by atoms with Crippen LogP contribution in [0.3, 0.4) is 0 Å². The maximum Gasteiger partial charge on any atom is 0.240 e. The summed E-state index contributed by atoms with van der Waals surface area (Å²) in [6.07, 6.45) is 4.00. The molecule has 4 nitrogen and oxygen atoms in total. The molecule has 112 valence electrons. The van der Waals surface area contributed by atoms with E-state index in [0.29, 0.717) is 12.8 Å². The number of hydrogen-bond donors (Lipinski definition) is 2. The number of sulfonamides is 1. The summed E-state index contributed by atoms with van der Waals surface area (Å²) in [6, 6.07) is 3.21. The van der Waals surface area contributed by atoms with E-state index in [1.165, 1.54) is 0 Å². The molecule has 1 aliphatic carbocycles. The minimum atomic E-state index is -3.80. The Hall–Kier alpha value is -0.690. The van der Waals surface area contributed by atoms with E-state index in [0.717, 1.165) is 37.5 Å². The summed E-state index contributed by atoms with van der Waals surface area (Å²) >= 11 is 5.58. The summed E-state index contributed by atoms with van der Waals surface area (Å²) in [6.45, 7) is -0.0374. The van der Waals surface area contributed by atoms with Crippen LogP contribution in [0.4, 0.5) is 4.39 Å². The molecular weight excluding hydrogens is 305 g/mol. The van der Waals surface area contributed by atoms with Crippen LogP contribution in [0.15, 0.2) is 23.1 Å². The summed E-state index contributed by atoms with van der Waals surface area (Å²) in [4.78, 5) is -0.108. The van der Waals surface area contributed by atoms with Crippen LogP contribution >= 0.6 is 11.6 Å². The standard InChI is InChI=1S/C13H17ClFNO3S/c14-11-8-10(4-5-12(11)15)20(18,19)16-9-13(17)6-2-1-3-7-13/h4-5,8,16-17H,1-3,6-7,9H2. The number of rotatable bonds is 4. The Labute approximate surface area is 123 Å². The van der Waals surface area contributed by atoms with Gasteiger partial charge in [-0.3, -0.25) is 0 Å². The van der Waals surface area contributed by atoms with E-state index in [-0.39, 0.29) is 16.5 Å². The molecule has 1 aromatic carbocycles. The van der Waals surface area contributed by atoms with Crippen LogP contribution in [0.2, 0.25) is 5.02 Å². The van der Waals surface area contributed by atoms with Crippen LogP contribution in [-0.2, 0) is 10.0 Å². The summed E-state index contributed by atoms with van der Waals surface area (Å²) < 4.78 is 39.6. The van der Waals surface area contributed by atoms with Crippen molar-refractivity contribution in [2.75, 3.05) is 6.54 Å². The molecule has 0 heterocycles. The van der Waals surface area contributed by atoms with Crippen LogP contribution in [0, 0.1) is 5.82 Å². The summed E-state index contributed by atoms with van der Waals surface area (Å²) in [5.74, 6) is -0.670. The van der Waals surface area contributed by atoms with Crippen LogP contribution in [0.1, 0.15) is 32.1 Å². The average molecular weight is 322 g/mol. The van der Waals surface area contributed by atoms with Crippen molar-refractivity contribution in [1.82, 2.24) is 4.72 Å². The maximum absolute atomic E-state index is 13.0. The van der Waals surface area contributed by atoms with Crippen molar-refractivity contribution < 1.29 is 17.9 Å². The highest BCUT2D eigenvalue weighted by molar-refractivity contribution is 7.89. The lowest BCUT2D eigenvalue weighted by Gasteiger charge is -2.32. The number of halogens is 2. The first-order valence-corrected chi connectivity index (χ1v) is 8.36. The molecule has 0 amide bonds. The van der Waals surface area contributed by atoms with Gasteiger partial charge in [0.15, 0.2) is 0 Å². The van der Waals surface area contributed by atoms with E-state index in [1.54, 1.807) is 0 Å². The second-order valence-corrected chi connectivity index (χ2v) is 7.36. The monoisotopic (exact) mass is 321 g/mol. The fourth-order valence-electron chi connectivity index (χ4n) is 2.34. The Kier molecular flexibility index (Phi) is 4.69. The van der Waals surface area contributed by atoms with Gasteiger partial charge < -0.3 is 5.11 Å². The number of hydrogen-bond acceptors (Lipinski definition) is 3. The van der Waals surface area contributed by atoms with Gasteiger partial charge in [-0.1, -0.05) is 30.9 Å². The maximum atomic E-state index is 13.0. The normalized spacial score (nSPS) is 18.9. The Morgan fingerprint density at radius 3 is 2.55 bits per heavy atom. The Morgan fingerprint density at radius 2 is 1.95 bits per heavy atom. The Morgan fingerprint density at radius 1 is 1.30 bits per heavy atom. The molecule has 2 N–H and O–H groups in total. The van der Waals surface area contributed by atoms with Gasteiger partial charge >= 0.3 is 0 Å². The lowest BCUT2D eigenvalue weighted by atomic mass is 9.85. The third kappa shape index (κ3) is 3.69. The molecule has 0 aromatic heterocycles. The minimum absolute atomic E-state index is 0.0374. The smallest absolute Gasteiger partial charge is 0.240 e. The highest BCUT2D eigenvalue weighted by Gasteiger charge is 2.31. The molecule has 1 aliphatic rings. The van der Waals surface area contributed by atoms with Crippen molar-refractivity contribution >= 4 is 21.6 Å². The van der Waals surface area contributed by atoms with Gasteiger partial charge in [-0.05, 0) is 31.0 Å². The van der Waals surface area contributed by atoms with Crippen molar-refractivity contribution in [2.24, 2.45) is 0 Å². The van der Waals surface area contributed by atoms with Gasteiger partial charge in [0.05, 0.1) is 15.5 Å². The summed E-state index contributed by atoms with van der Waals surface area (Å²) in [5.41, 5.74) is -0.991. The summed E-state index contributed by atoms with van der Waals surface area (Å²) in [5, 5.41) is 10.0. The zero-order valence-electron chi connectivity index (χ0n) is 10.9. The van der Waals surface area contributed by atoms with Crippen LogP contribution in [-0.4, -0.2) is 25.7 Å². The first kappa shape index (κ1) is 15.7. The van der Waals surface area contributed by atoms with E-state index >= 15 is 0 Å². The molecule has 0 radical (unpaired) electrons. The van der Waals surface area contributed by atoms with E-state index in [9.17, 15) is 17.9 Å². The van der Waals surface area contributed by atoms with Gasteiger partial charge in [0.25, 0.3) is 0 Å². The molecule has 0 bridgehead atoms. The largest absolute Gasteiger partial charge is 0.389 e. The predicted molar refractivity (Wildman–Crippen MR) is 74.6 cm³/mol. The van der Waals surface area contributed by atoms with Crippen molar-refractivity contribution in [2.45, 2.75) is 42.6 Å². The number of nitrogens with one attached hydrogen (secondary N) is 1. The SMILES string of the molecule is O=S(=O)(NCC1(O)CCCCC1)c1ccc(F)c(Cl)c1. The van der Waals surface area contributed by atoms with Gasteiger partial charge in [-0.2, -0.15) is 0 Å². The Balaban J connectivity index is 2.09. The van der Waals surface area contributed by atoms with Crippen LogP contribution in [0.5, 0.6) is 0 Å². The molecule has 2 rings (SSSR count). The molecule has 1 fully saturated rings. The van der Waals surface area contributed by atoms with Gasteiger partial charge in [-0.15, -0.1) is 0 Å². The molecule has 20 heavy (non-hydrogen) atoms. The lowest BCUT2D eigenvalue weighted by Crippen LogP contribution is -2.44. The molecule has 1 saturated carbocycles. The number of benzene rings is 1. The average Bonchev–Trinajstić information content (AvgIpc) is 2.41.